The van der Waals surface area contributed by atoms with Crippen LogP contribution < -0.4 is 11.1 Å². The Balaban J connectivity index is 1.93. The van der Waals surface area contributed by atoms with Gasteiger partial charge in [-0.3, -0.25) is 4.79 Å². The van der Waals surface area contributed by atoms with E-state index in [0.717, 1.165) is 18.9 Å². The third kappa shape index (κ3) is 4.45. The van der Waals surface area contributed by atoms with E-state index in [2.05, 4.69) is 24.1 Å². The van der Waals surface area contributed by atoms with E-state index >= 15 is 0 Å². The van der Waals surface area contributed by atoms with E-state index in [1.165, 1.54) is 38.6 Å². The Morgan fingerprint density at radius 2 is 2.05 bits per heavy atom. The Labute approximate surface area is 123 Å². The van der Waals surface area contributed by atoms with Gasteiger partial charge in [0.2, 0.25) is 5.91 Å². The van der Waals surface area contributed by atoms with Gasteiger partial charge >= 0.3 is 0 Å². The molecule has 0 radical (unpaired) electrons. The van der Waals surface area contributed by atoms with Gasteiger partial charge in [-0.1, -0.05) is 6.92 Å². The fourth-order valence-corrected chi connectivity index (χ4v) is 3.04. The van der Waals surface area contributed by atoms with Crippen LogP contribution in [0.2, 0.25) is 0 Å². The van der Waals surface area contributed by atoms with E-state index in [-0.39, 0.29) is 5.91 Å². The summed E-state index contributed by atoms with van der Waals surface area (Å²) in [6, 6.07) is 0.905. The van der Waals surface area contributed by atoms with Gasteiger partial charge in [-0.2, -0.15) is 0 Å². The van der Waals surface area contributed by atoms with Crippen molar-refractivity contribution in [3.63, 3.8) is 0 Å². The largest absolute Gasteiger partial charge is 0.368 e. The van der Waals surface area contributed by atoms with Crippen LogP contribution in [0, 0.1) is 5.92 Å². The van der Waals surface area contributed by atoms with Crippen LogP contribution in [0.15, 0.2) is 0 Å². The highest BCUT2D eigenvalue weighted by atomic mass is 16.1. The average molecular weight is 281 g/mol. The number of nitrogens with zero attached hydrogens (tertiary/aromatic N) is 1. The molecule has 3 N–H and O–H groups in total. The van der Waals surface area contributed by atoms with Crippen LogP contribution in [-0.4, -0.2) is 41.5 Å². The summed E-state index contributed by atoms with van der Waals surface area (Å²) >= 11 is 0. The number of hydrogen-bond acceptors (Lipinski definition) is 3. The molecule has 2 atom stereocenters. The van der Waals surface area contributed by atoms with Gasteiger partial charge < -0.3 is 16.0 Å². The van der Waals surface area contributed by atoms with E-state index in [4.69, 9.17) is 5.73 Å². The molecule has 1 amide bonds. The maximum absolute atomic E-state index is 11.9. The molecule has 0 heterocycles. The molecule has 0 aromatic rings. The predicted molar refractivity (Wildman–Crippen MR) is 82.4 cm³/mol. The minimum Gasteiger partial charge on any atom is -0.368 e. The second kappa shape index (κ2) is 6.44. The standard InChI is InChI=1S/C16H31N3O/c1-4-9-19(11-13-5-6-13)12(2)10-16(3,15(17)20)18-14-7-8-14/h12-14,18H,4-11H2,1-3H3,(H2,17,20). The fraction of sp³-hybridized carbons (Fsp3) is 0.938. The lowest BCUT2D eigenvalue weighted by molar-refractivity contribution is -0.124. The van der Waals surface area contributed by atoms with Gasteiger partial charge in [0.25, 0.3) is 0 Å². The van der Waals surface area contributed by atoms with E-state index in [0.29, 0.717) is 12.1 Å². The number of rotatable bonds is 10. The molecule has 0 saturated heterocycles. The minimum atomic E-state index is -0.559. The summed E-state index contributed by atoms with van der Waals surface area (Å²) in [4.78, 5) is 14.4. The highest BCUT2D eigenvalue weighted by Gasteiger charge is 2.39. The number of nitrogens with two attached hydrogens (primary N) is 1. The Morgan fingerprint density at radius 1 is 1.40 bits per heavy atom. The number of nitrogens with one attached hydrogen (secondary N) is 1. The molecule has 20 heavy (non-hydrogen) atoms. The van der Waals surface area contributed by atoms with E-state index in [1.54, 1.807) is 0 Å². The zero-order valence-corrected chi connectivity index (χ0v) is 13.3. The maximum Gasteiger partial charge on any atom is 0.237 e. The second-order valence-electron chi connectivity index (χ2n) is 7.11. The molecule has 0 aliphatic heterocycles. The molecule has 0 aromatic heterocycles. The molecule has 2 aliphatic carbocycles. The molecular weight excluding hydrogens is 250 g/mol. The van der Waals surface area contributed by atoms with Crippen molar-refractivity contribution in [3.05, 3.63) is 0 Å². The van der Waals surface area contributed by atoms with Crippen LogP contribution in [0.1, 0.15) is 59.3 Å². The molecule has 2 fully saturated rings. The van der Waals surface area contributed by atoms with Crippen LogP contribution in [0.25, 0.3) is 0 Å². The van der Waals surface area contributed by atoms with Crippen molar-refractivity contribution < 1.29 is 4.79 Å². The molecule has 4 nitrogen and oxygen atoms in total. The van der Waals surface area contributed by atoms with Crippen LogP contribution in [0.5, 0.6) is 0 Å². The van der Waals surface area contributed by atoms with Gasteiger partial charge in [0, 0.05) is 18.6 Å². The van der Waals surface area contributed by atoms with Gasteiger partial charge in [0.1, 0.15) is 0 Å². The molecule has 0 bridgehead atoms. The molecular formula is C16H31N3O. The second-order valence-corrected chi connectivity index (χ2v) is 7.11. The molecule has 116 valence electrons. The van der Waals surface area contributed by atoms with Crippen molar-refractivity contribution >= 4 is 5.91 Å². The Morgan fingerprint density at radius 3 is 2.50 bits per heavy atom. The van der Waals surface area contributed by atoms with Crippen LogP contribution in [-0.2, 0) is 4.79 Å². The zero-order valence-electron chi connectivity index (χ0n) is 13.3. The predicted octanol–water partition coefficient (Wildman–Crippen LogP) is 1.88. The van der Waals surface area contributed by atoms with E-state index in [1.807, 2.05) is 6.92 Å². The first-order chi connectivity index (χ1) is 9.44. The molecule has 0 spiro atoms. The third-order valence-electron chi connectivity index (χ3n) is 4.67. The van der Waals surface area contributed by atoms with Gasteiger partial charge in [-0.05, 0) is 64.8 Å². The van der Waals surface area contributed by atoms with Crippen molar-refractivity contribution in [1.29, 1.82) is 0 Å². The summed E-state index contributed by atoms with van der Waals surface area (Å²) in [6.45, 7) is 8.75. The van der Waals surface area contributed by atoms with Crippen LogP contribution >= 0.6 is 0 Å². The Hall–Kier alpha value is -0.610. The van der Waals surface area contributed by atoms with E-state index < -0.39 is 5.54 Å². The zero-order chi connectivity index (χ0) is 14.8. The fourth-order valence-electron chi connectivity index (χ4n) is 3.04. The molecule has 2 rings (SSSR count). The summed E-state index contributed by atoms with van der Waals surface area (Å²) < 4.78 is 0. The molecule has 2 aliphatic rings. The number of primary amides is 1. The van der Waals surface area contributed by atoms with Crippen molar-refractivity contribution in [2.75, 3.05) is 13.1 Å². The van der Waals surface area contributed by atoms with Crippen molar-refractivity contribution in [3.8, 4) is 0 Å². The first-order valence-corrected chi connectivity index (χ1v) is 8.26. The van der Waals surface area contributed by atoms with Gasteiger partial charge in [0.15, 0.2) is 0 Å². The topological polar surface area (TPSA) is 58.4 Å². The van der Waals surface area contributed by atoms with Crippen LogP contribution in [0.3, 0.4) is 0 Å². The highest BCUT2D eigenvalue weighted by molar-refractivity contribution is 5.84. The lowest BCUT2D eigenvalue weighted by Crippen LogP contribution is -2.57. The SMILES string of the molecule is CCCN(CC1CC1)C(C)CC(C)(NC1CC1)C(N)=O. The maximum atomic E-state index is 11.9. The monoisotopic (exact) mass is 281 g/mol. The third-order valence-corrected chi connectivity index (χ3v) is 4.67. The smallest absolute Gasteiger partial charge is 0.237 e. The van der Waals surface area contributed by atoms with Crippen molar-refractivity contribution in [2.45, 2.75) is 76.9 Å². The highest BCUT2D eigenvalue weighted by Crippen LogP contribution is 2.31. The summed E-state index contributed by atoms with van der Waals surface area (Å²) in [5.41, 5.74) is 5.10. The summed E-state index contributed by atoms with van der Waals surface area (Å²) in [5, 5.41) is 3.46. The van der Waals surface area contributed by atoms with Gasteiger partial charge in [-0.15, -0.1) is 0 Å². The summed E-state index contributed by atoms with van der Waals surface area (Å²) in [5.74, 6) is 0.680. The lowest BCUT2D eigenvalue weighted by Gasteiger charge is -2.36. The quantitative estimate of drug-likeness (QED) is 0.643. The van der Waals surface area contributed by atoms with Gasteiger partial charge in [-0.25, -0.2) is 0 Å². The van der Waals surface area contributed by atoms with Gasteiger partial charge in [0.05, 0.1) is 5.54 Å². The summed E-state index contributed by atoms with van der Waals surface area (Å²) in [7, 11) is 0. The lowest BCUT2D eigenvalue weighted by atomic mass is 9.91. The minimum absolute atomic E-state index is 0.209. The normalized spacial score (nSPS) is 23.6. The van der Waals surface area contributed by atoms with Crippen molar-refractivity contribution in [1.82, 2.24) is 10.2 Å². The number of hydrogen-bond donors (Lipinski definition) is 2. The number of carbonyl (C=O) groups excluding carboxylic acids is 1. The molecule has 4 heteroatoms. The Bertz CT molecular complexity index is 339. The molecule has 2 unspecified atom stereocenters. The summed E-state index contributed by atoms with van der Waals surface area (Å²) in [6.07, 6.45) is 7.09. The molecule has 0 aromatic carbocycles. The number of carbonyl (C=O) groups is 1. The van der Waals surface area contributed by atoms with E-state index in [9.17, 15) is 4.79 Å². The Kier molecular flexibility index (Phi) is 5.08. The first kappa shape index (κ1) is 15.8. The van der Waals surface area contributed by atoms with Crippen molar-refractivity contribution in [2.24, 2.45) is 11.7 Å². The first-order valence-electron chi connectivity index (χ1n) is 8.26. The van der Waals surface area contributed by atoms with Crippen LogP contribution in [0.4, 0.5) is 0 Å². The average Bonchev–Trinajstić information content (AvgIpc) is 3.23. The number of amides is 1. The molecule has 2 saturated carbocycles.